The van der Waals surface area contributed by atoms with Crippen LogP contribution in [-0.2, 0) is 6.18 Å². The van der Waals surface area contributed by atoms with E-state index in [0.717, 1.165) is 34.5 Å². The van der Waals surface area contributed by atoms with Crippen LogP contribution in [0.2, 0.25) is 0 Å². The van der Waals surface area contributed by atoms with E-state index < -0.39 is 17.3 Å². The number of ether oxygens (including phenoxy) is 1. The topological polar surface area (TPSA) is 21.3 Å². The third-order valence-electron chi connectivity index (χ3n) is 3.95. The maximum Gasteiger partial charge on any atom is 0.416 e. The summed E-state index contributed by atoms with van der Waals surface area (Å²) in [7, 11) is 1.82. The first-order valence-electron chi connectivity index (χ1n) is 7.61. The van der Waals surface area contributed by atoms with Crippen LogP contribution in [0.15, 0.2) is 48.5 Å². The Labute approximate surface area is 146 Å². The Hall–Kier alpha value is -2.43. The first kappa shape index (κ1) is 18.9. The average Bonchev–Trinajstić information content (AvgIpc) is 2.52. The molecule has 2 aromatic carbocycles. The van der Waals surface area contributed by atoms with E-state index in [1.807, 2.05) is 45.2 Å². The second kappa shape index (κ2) is 6.47. The average molecular weight is 349 g/mol. The lowest BCUT2D eigenvalue weighted by Gasteiger charge is -2.31. The van der Waals surface area contributed by atoms with Gasteiger partial charge in [-0.3, -0.25) is 0 Å². The number of benzene rings is 2. The van der Waals surface area contributed by atoms with E-state index in [4.69, 9.17) is 4.74 Å². The Morgan fingerprint density at radius 2 is 1.64 bits per heavy atom. The zero-order valence-electron chi connectivity index (χ0n) is 13.7. The molecule has 1 aliphatic heterocycles. The quantitative estimate of drug-likeness (QED) is 0.719. The molecular weight excluding hydrogens is 327 g/mol. The van der Waals surface area contributed by atoms with Gasteiger partial charge in [0.05, 0.1) is 5.56 Å². The van der Waals surface area contributed by atoms with Crippen molar-refractivity contribution in [2.24, 2.45) is 0 Å². The third kappa shape index (κ3) is 3.81. The van der Waals surface area contributed by atoms with Crippen LogP contribution in [0.4, 0.5) is 18.9 Å². The van der Waals surface area contributed by atoms with E-state index in [2.05, 4.69) is 5.32 Å². The van der Waals surface area contributed by atoms with Crippen molar-refractivity contribution >= 4 is 11.3 Å². The van der Waals surface area contributed by atoms with Gasteiger partial charge in [0, 0.05) is 24.4 Å². The highest BCUT2D eigenvalue weighted by atomic mass is 19.4. The molecule has 25 heavy (non-hydrogen) atoms. The van der Waals surface area contributed by atoms with Crippen molar-refractivity contribution in [3.05, 3.63) is 65.2 Å². The number of nitrogens with one attached hydrogen (secondary N) is 1. The number of fused-ring (bicyclic) bond motifs is 1. The predicted octanol–water partition coefficient (Wildman–Crippen LogP) is 5.99. The van der Waals surface area contributed by atoms with E-state index >= 15 is 0 Å². The van der Waals surface area contributed by atoms with Crippen molar-refractivity contribution in [1.29, 1.82) is 0 Å². The Kier molecular flexibility index (Phi) is 4.89. The number of hydrogen-bond donors (Lipinski definition) is 1. The summed E-state index contributed by atoms with van der Waals surface area (Å²) in [6, 6.07) is 11.0. The van der Waals surface area contributed by atoms with Gasteiger partial charge in [0.1, 0.15) is 11.4 Å². The number of hydrogen-bond acceptors (Lipinski definition) is 2. The van der Waals surface area contributed by atoms with Crippen LogP contribution >= 0.6 is 0 Å². The molecule has 0 spiro atoms. The Morgan fingerprint density at radius 1 is 1.00 bits per heavy atom. The molecule has 0 bridgehead atoms. The SMILES string of the molecule is C.CNc1ccc2c(c1)OC(C)(C)C=C2c1ccc(C(F)(F)F)cc1. The van der Waals surface area contributed by atoms with Gasteiger partial charge in [0.2, 0.25) is 0 Å². The molecule has 0 aromatic heterocycles. The monoisotopic (exact) mass is 349 g/mol. The van der Waals surface area contributed by atoms with Crippen molar-refractivity contribution in [3.8, 4) is 5.75 Å². The third-order valence-corrected chi connectivity index (χ3v) is 3.95. The summed E-state index contributed by atoms with van der Waals surface area (Å²) in [4.78, 5) is 0. The van der Waals surface area contributed by atoms with Gasteiger partial charge in [0.15, 0.2) is 0 Å². The summed E-state index contributed by atoms with van der Waals surface area (Å²) in [5.74, 6) is 0.712. The van der Waals surface area contributed by atoms with E-state index in [9.17, 15) is 13.2 Å². The molecule has 2 aromatic rings. The zero-order valence-corrected chi connectivity index (χ0v) is 13.7. The van der Waals surface area contributed by atoms with Crippen LogP contribution in [0.5, 0.6) is 5.75 Å². The number of rotatable bonds is 2. The molecule has 0 aliphatic carbocycles. The maximum atomic E-state index is 12.8. The summed E-state index contributed by atoms with van der Waals surface area (Å²) in [5, 5.41) is 3.06. The number of anilines is 1. The van der Waals surface area contributed by atoms with E-state index in [0.29, 0.717) is 5.75 Å². The van der Waals surface area contributed by atoms with E-state index in [-0.39, 0.29) is 7.43 Å². The van der Waals surface area contributed by atoms with Gasteiger partial charge >= 0.3 is 6.18 Å². The molecule has 0 unspecified atom stereocenters. The molecule has 3 rings (SSSR count). The van der Waals surface area contributed by atoms with Crippen LogP contribution in [0.1, 0.15) is 38.0 Å². The van der Waals surface area contributed by atoms with Crippen molar-refractivity contribution in [1.82, 2.24) is 0 Å². The summed E-state index contributed by atoms with van der Waals surface area (Å²) in [5.41, 5.74) is 2.20. The minimum absolute atomic E-state index is 0. The standard InChI is InChI=1S/C19H18F3NO.CH4/c1-18(2)11-16(12-4-6-13(7-5-12)19(20,21)22)15-9-8-14(23-3)10-17(15)24-18;/h4-11,23H,1-3H3;1H4. The minimum atomic E-state index is -4.33. The highest BCUT2D eigenvalue weighted by Crippen LogP contribution is 2.41. The van der Waals surface area contributed by atoms with Crippen LogP contribution < -0.4 is 10.1 Å². The predicted molar refractivity (Wildman–Crippen MR) is 95.9 cm³/mol. The fourth-order valence-electron chi connectivity index (χ4n) is 2.80. The fraction of sp³-hybridized carbons (Fsp3) is 0.300. The van der Waals surface area contributed by atoms with Crippen molar-refractivity contribution < 1.29 is 17.9 Å². The Morgan fingerprint density at radius 3 is 2.20 bits per heavy atom. The zero-order chi connectivity index (χ0) is 17.5. The van der Waals surface area contributed by atoms with Gasteiger partial charge in [-0.25, -0.2) is 0 Å². The van der Waals surface area contributed by atoms with Crippen molar-refractivity contribution in [3.63, 3.8) is 0 Å². The molecule has 134 valence electrons. The van der Waals surface area contributed by atoms with Gasteiger partial charge in [-0.05, 0) is 55.3 Å². The minimum Gasteiger partial charge on any atom is -0.483 e. The first-order chi connectivity index (χ1) is 11.2. The largest absolute Gasteiger partial charge is 0.483 e. The van der Waals surface area contributed by atoms with Crippen molar-refractivity contribution in [2.75, 3.05) is 12.4 Å². The molecule has 0 saturated carbocycles. The van der Waals surface area contributed by atoms with Crippen molar-refractivity contribution in [2.45, 2.75) is 33.1 Å². The molecule has 2 nitrogen and oxygen atoms in total. The molecule has 0 fully saturated rings. The highest BCUT2D eigenvalue weighted by molar-refractivity contribution is 5.85. The normalized spacial score (nSPS) is 15.4. The van der Waals surface area contributed by atoms with E-state index in [1.165, 1.54) is 12.1 Å². The molecule has 0 radical (unpaired) electrons. The summed E-state index contributed by atoms with van der Waals surface area (Å²) < 4.78 is 44.3. The second-order valence-electron chi connectivity index (χ2n) is 6.30. The van der Waals surface area contributed by atoms with Gasteiger partial charge in [-0.1, -0.05) is 19.6 Å². The van der Waals surface area contributed by atoms with Crippen LogP contribution in [0.3, 0.4) is 0 Å². The van der Waals surface area contributed by atoms with Gasteiger partial charge in [-0.2, -0.15) is 13.2 Å². The summed E-state index contributed by atoms with van der Waals surface area (Å²) >= 11 is 0. The van der Waals surface area contributed by atoms with Crippen LogP contribution in [-0.4, -0.2) is 12.6 Å². The molecular formula is C20H22F3NO. The molecule has 0 atom stereocenters. The molecule has 0 saturated heterocycles. The van der Waals surface area contributed by atoms with Crippen LogP contribution in [0, 0.1) is 0 Å². The smallest absolute Gasteiger partial charge is 0.416 e. The summed E-state index contributed by atoms with van der Waals surface area (Å²) in [6.45, 7) is 3.85. The fourth-order valence-corrected chi connectivity index (χ4v) is 2.80. The summed E-state index contributed by atoms with van der Waals surface area (Å²) in [6.07, 6.45) is -2.39. The van der Waals surface area contributed by atoms with Gasteiger partial charge in [-0.15, -0.1) is 0 Å². The molecule has 5 heteroatoms. The van der Waals surface area contributed by atoms with Gasteiger partial charge in [0.25, 0.3) is 0 Å². The lowest BCUT2D eigenvalue weighted by atomic mass is 9.89. The van der Waals surface area contributed by atoms with Gasteiger partial charge < -0.3 is 10.1 Å². The molecule has 0 amide bonds. The lowest BCUT2D eigenvalue weighted by molar-refractivity contribution is -0.137. The second-order valence-corrected chi connectivity index (χ2v) is 6.30. The Balaban J connectivity index is 0.00000225. The number of alkyl halides is 3. The lowest BCUT2D eigenvalue weighted by Crippen LogP contribution is -2.29. The Bertz CT molecular complexity index is 790. The van der Waals surface area contributed by atoms with E-state index in [1.54, 1.807) is 0 Å². The maximum absolute atomic E-state index is 12.8. The van der Waals surface area contributed by atoms with Crippen LogP contribution in [0.25, 0.3) is 5.57 Å². The number of halogens is 3. The highest BCUT2D eigenvalue weighted by Gasteiger charge is 2.31. The first-order valence-corrected chi connectivity index (χ1v) is 7.61. The molecule has 1 heterocycles. The molecule has 1 N–H and O–H groups in total. The molecule has 1 aliphatic rings.